The van der Waals surface area contributed by atoms with E-state index in [2.05, 4.69) is 74.7 Å². The molecule has 1 fully saturated rings. The van der Waals surface area contributed by atoms with Crippen LogP contribution in [0.15, 0.2) is 60.7 Å². The second-order valence-electron chi connectivity index (χ2n) is 9.42. The summed E-state index contributed by atoms with van der Waals surface area (Å²) in [6.07, 6.45) is 0.467. The van der Waals surface area contributed by atoms with Gasteiger partial charge in [-0.1, -0.05) is 36.4 Å². The molecule has 1 aromatic heterocycles. The maximum atomic E-state index is 13.1. The molecule has 0 N–H and O–H groups in total. The summed E-state index contributed by atoms with van der Waals surface area (Å²) >= 11 is 0. The highest BCUT2D eigenvalue weighted by atomic mass is 16.5. The molecule has 2 heterocycles. The highest BCUT2D eigenvalue weighted by molar-refractivity contribution is 5.97. The van der Waals surface area contributed by atoms with Crippen molar-refractivity contribution in [2.45, 2.75) is 46.6 Å². The Morgan fingerprint density at radius 2 is 1.68 bits per heavy atom. The molecule has 1 aliphatic heterocycles. The fraction of sp³-hybridized carbons (Fsp3) is 0.310. The number of amides is 1. The minimum Gasteiger partial charge on any atom is -0.491 e. The van der Waals surface area contributed by atoms with Crippen LogP contribution in [-0.2, 0) is 11.3 Å². The maximum absolute atomic E-state index is 13.1. The van der Waals surface area contributed by atoms with Crippen molar-refractivity contribution >= 4 is 22.6 Å². The molecule has 1 amide bonds. The summed E-state index contributed by atoms with van der Waals surface area (Å²) in [6.45, 7) is 10.1. The maximum Gasteiger partial charge on any atom is 0.227 e. The van der Waals surface area contributed by atoms with E-state index in [1.807, 2.05) is 23.1 Å². The van der Waals surface area contributed by atoms with Crippen molar-refractivity contribution in [1.82, 2.24) is 9.55 Å². The van der Waals surface area contributed by atoms with E-state index >= 15 is 0 Å². The fourth-order valence-electron chi connectivity index (χ4n) is 4.87. The number of rotatable bonds is 6. The van der Waals surface area contributed by atoms with E-state index in [9.17, 15) is 4.79 Å². The molecule has 0 radical (unpaired) electrons. The third-order valence-corrected chi connectivity index (χ3v) is 6.75. The number of nitrogens with zero attached hydrogens (tertiary/aromatic N) is 3. The number of carbonyl (C=O) groups is 1. The normalized spacial score (nSPS) is 15.9. The molecule has 0 aliphatic carbocycles. The Bertz CT molecular complexity index is 1370. The third-order valence-electron chi connectivity index (χ3n) is 6.75. The Balaban J connectivity index is 1.42. The zero-order valence-corrected chi connectivity index (χ0v) is 20.3. The lowest BCUT2D eigenvalue weighted by Crippen LogP contribution is -2.25. The van der Waals surface area contributed by atoms with E-state index in [1.54, 1.807) is 0 Å². The summed E-state index contributed by atoms with van der Waals surface area (Å²) < 4.78 is 8.41. The average molecular weight is 454 g/mol. The van der Waals surface area contributed by atoms with Crippen LogP contribution in [0.25, 0.3) is 11.0 Å². The third kappa shape index (κ3) is 4.18. The number of imidazole rings is 1. The van der Waals surface area contributed by atoms with Gasteiger partial charge in [0.25, 0.3) is 0 Å². The number of carbonyl (C=O) groups excluding carboxylic acids is 1. The molecule has 1 unspecified atom stereocenters. The van der Waals surface area contributed by atoms with Gasteiger partial charge in [0.2, 0.25) is 5.91 Å². The van der Waals surface area contributed by atoms with Gasteiger partial charge in [-0.05, 0) is 74.2 Å². The van der Waals surface area contributed by atoms with Crippen molar-refractivity contribution in [1.29, 1.82) is 0 Å². The number of hydrogen-bond acceptors (Lipinski definition) is 3. The molecule has 5 rings (SSSR count). The lowest BCUT2D eigenvalue weighted by atomic mass is 10.1. The van der Waals surface area contributed by atoms with Gasteiger partial charge < -0.3 is 14.2 Å². The van der Waals surface area contributed by atoms with Crippen molar-refractivity contribution in [2.75, 3.05) is 18.1 Å². The number of aromatic nitrogens is 2. The van der Waals surface area contributed by atoms with E-state index in [-0.39, 0.29) is 11.8 Å². The van der Waals surface area contributed by atoms with Gasteiger partial charge in [-0.15, -0.1) is 0 Å². The van der Waals surface area contributed by atoms with Crippen LogP contribution in [0.2, 0.25) is 0 Å². The van der Waals surface area contributed by atoms with Gasteiger partial charge in [-0.2, -0.15) is 0 Å². The largest absolute Gasteiger partial charge is 0.491 e. The predicted molar refractivity (Wildman–Crippen MR) is 137 cm³/mol. The number of anilines is 1. The highest BCUT2D eigenvalue weighted by Gasteiger charge is 2.35. The first kappa shape index (κ1) is 22.2. The van der Waals surface area contributed by atoms with Crippen molar-refractivity contribution in [3.8, 4) is 5.75 Å². The second kappa shape index (κ2) is 8.98. The summed E-state index contributed by atoms with van der Waals surface area (Å²) in [5.74, 6) is 2.08. The molecule has 5 nitrogen and oxygen atoms in total. The number of hydrogen-bond donors (Lipinski definition) is 0. The number of benzene rings is 3. The summed E-state index contributed by atoms with van der Waals surface area (Å²) in [5, 5.41) is 0. The molecule has 5 heteroatoms. The van der Waals surface area contributed by atoms with Crippen molar-refractivity contribution in [2.24, 2.45) is 0 Å². The first-order valence-corrected chi connectivity index (χ1v) is 11.9. The van der Waals surface area contributed by atoms with Crippen LogP contribution in [0.1, 0.15) is 40.4 Å². The van der Waals surface area contributed by atoms with E-state index in [4.69, 9.17) is 9.72 Å². The second-order valence-corrected chi connectivity index (χ2v) is 9.42. The zero-order valence-electron chi connectivity index (χ0n) is 20.3. The quantitative estimate of drug-likeness (QED) is 0.367. The Labute approximate surface area is 201 Å². The van der Waals surface area contributed by atoms with Crippen LogP contribution in [0.5, 0.6) is 5.75 Å². The topological polar surface area (TPSA) is 47.4 Å². The Hall–Kier alpha value is -3.60. The number of aryl methyl sites for hydroxylation is 4. The van der Waals surface area contributed by atoms with Gasteiger partial charge in [0, 0.05) is 24.6 Å². The average Bonchev–Trinajstić information content (AvgIpc) is 3.38. The summed E-state index contributed by atoms with van der Waals surface area (Å²) in [7, 11) is 0. The summed E-state index contributed by atoms with van der Waals surface area (Å²) in [5.41, 5.74) is 7.65. The Morgan fingerprint density at radius 3 is 2.50 bits per heavy atom. The van der Waals surface area contributed by atoms with Crippen LogP contribution in [0.3, 0.4) is 0 Å². The Morgan fingerprint density at radius 1 is 0.941 bits per heavy atom. The van der Waals surface area contributed by atoms with Crippen LogP contribution in [0.4, 0.5) is 5.69 Å². The monoisotopic (exact) mass is 453 g/mol. The van der Waals surface area contributed by atoms with Gasteiger partial charge in [0.05, 0.1) is 17.6 Å². The molecular weight excluding hydrogens is 422 g/mol. The predicted octanol–water partition coefficient (Wildman–Crippen LogP) is 5.87. The molecule has 1 atom stereocenters. The molecule has 1 aliphatic rings. The summed E-state index contributed by atoms with van der Waals surface area (Å²) in [6, 6.07) is 20.8. The lowest BCUT2D eigenvalue weighted by molar-refractivity contribution is -0.117. The molecule has 0 saturated carbocycles. The van der Waals surface area contributed by atoms with Gasteiger partial charge in [-0.25, -0.2) is 4.98 Å². The summed E-state index contributed by atoms with van der Waals surface area (Å²) in [4.78, 5) is 20.0. The molecule has 174 valence electrons. The minimum absolute atomic E-state index is 0.0421. The first-order chi connectivity index (χ1) is 16.4. The number of ether oxygens (including phenoxy) is 1. The first-order valence-electron chi connectivity index (χ1n) is 11.9. The van der Waals surface area contributed by atoms with E-state index < -0.39 is 0 Å². The fourth-order valence-corrected chi connectivity index (χ4v) is 4.87. The molecule has 4 aromatic rings. The van der Waals surface area contributed by atoms with E-state index in [0.717, 1.165) is 45.0 Å². The lowest BCUT2D eigenvalue weighted by Gasteiger charge is -2.20. The highest BCUT2D eigenvalue weighted by Crippen LogP contribution is 2.35. The van der Waals surface area contributed by atoms with E-state index in [0.29, 0.717) is 26.1 Å². The number of fused-ring (bicyclic) bond motifs is 1. The van der Waals surface area contributed by atoms with Gasteiger partial charge in [-0.3, -0.25) is 4.79 Å². The number of para-hydroxylation sites is 2. The zero-order chi connectivity index (χ0) is 23.8. The Kier molecular flexibility index (Phi) is 5.86. The molecular formula is C29H31N3O2. The standard InChI is InChI=1S/C29H31N3O2/c1-19-9-11-21(3)26(15-19)32-18-23(17-28(32)33)29-30-24-7-5-6-8-25(24)31(29)13-14-34-27-16-20(2)10-12-22(27)4/h5-12,15-16,23H,13-14,17-18H2,1-4H3. The van der Waals surface area contributed by atoms with Gasteiger partial charge in [0.15, 0.2) is 0 Å². The smallest absolute Gasteiger partial charge is 0.227 e. The molecule has 34 heavy (non-hydrogen) atoms. The van der Waals surface area contributed by atoms with Crippen molar-refractivity contribution in [3.05, 3.63) is 88.7 Å². The molecule has 1 saturated heterocycles. The van der Waals surface area contributed by atoms with E-state index in [1.165, 1.54) is 5.56 Å². The van der Waals surface area contributed by atoms with Crippen LogP contribution < -0.4 is 9.64 Å². The van der Waals surface area contributed by atoms with Gasteiger partial charge >= 0.3 is 0 Å². The van der Waals surface area contributed by atoms with Crippen LogP contribution in [0, 0.1) is 27.7 Å². The molecule has 0 spiro atoms. The SMILES string of the molecule is Cc1ccc(C)c(OCCn2c(C3CC(=O)N(c4cc(C)ccc4C)C3)nc3ccccc32)c1. The molecule has 0 bridgehead atoms. The van der Waals surface area contributed by atoms with Crippen molar-refractivity contribution < 1.29 is 9.53 Å². The minimum atomic E-state index is 0.0421. The van der Waals surface area contributed by atoms with Gasteiger partial charge in [0.1, 0.15) is 18.2 Å². The van der Waals surface area contributed by atoms with Crippen molar-refractivity contribution in [3.63, 3.8) is 0 Å². The van der Waals surface area contributed by atoms with Crippen LogP contribution in [-0.4, -0.2) is 28.6 Å². The van der Waals surface area contributed by atoms with Crippen LogP contribution >= 0.6 is 0 Å². The molecule has 3 aromatic carbocycles.